The molecule has 0 aromatic heterocycles. The van der Waals surface area contributed by atoms with Crippen LogP contribution in [0, 0.1) is 5.92 Å². The van der Waals surface area contributed by atoms with Gasteiger partial charge in [-0.2, -0.15) is 0 Å². The largest absolute Gasteiger partial charge is 0.481 e. The molecule has 1 saturated heterocycles. The fraction of sp³-hybridized carbons (Fsp3) is 0.400. The van der Waals surface area contributed by atoms with Gasteiger partial charge in [-0.3, -0.25) is 14.4 Å². The summed E-state index contributed by atoms with van der Waals surface area (Å²) in [7, 11) is -2.41. The van der Waals surface area contributed by atoms with E-state index in [1.807, 2.05) is 0 Å². The first-order valence-electron chi connectivity index (χ1n) is 7.49. The first-order chi connectivity index (χ1) is 11.6. The number of nitrogens with zero attached hydrogens (tertiary/aromatic N) is 2. The zero-order valence-electron chi connectivity index (χ0n) is 13.6. The van der Waals surface area contributed by atoms with Gasteiger partial charge >= 0.3 is 5.97 Å². The van der Waals surface area contributed by atoms with Gasteiger partial charge in [0.1, 0.15) is 0 Å². The number of sulfonamides is 1. The molecular weight excluding hydrogens is 350 g/mol. The number of carboxylic acid groups (broad SMARTS) is 1. The lowest BCUT2D eigenvalue weighted by Crippen LogP contribution is -2.36. The predicted molar refractivity (Wildman–Crippen MR) is 88.2 cm³/mol. The Kier molecular flexibility index (Phi) is 5.43. The third-order valence-electron chi connectivity index (χ3n) is 3.97. The fourth-order valence-electron chi connectivity index (χ4n) is 2.64. The van der Waals surface area contributed by atoms with Gasteiger partial charge in [0.05, 0.1) is 17.2 Å². The third kappa shape index (κ3) is 4.54. The molecule has 1 aromatic carbocycles. The van der Waals surface area contributed by atoms with Crippen molar-refractivity contribution in [1.29, 1.82) is 0 Å². The van der Waals surface area contributed by atoms with Crippen LogP contribution in [0.15, 0.2) is 29.2 Å². The van der Waals surface area contributed by atoms with E-state index >= 15 is 0 Å². The molecule has 136 valence electrons. The molecule has 0 bridgehead atoms. The molecule has 2 amide bonds. The number of rotatable bonds is 6. The topological polar surface area (TPSA) is 138 Å². The van der Waals surface area contributed by atoms with Gasteiger partial charge in [-0.25, -0.2) is 13.6 Å². The smallest absolute Gasteiger partial charge is 0.305 e. The van der Waals surface area contributed by atoms with Crippen LogP contribution in [0.2, 0.25) is 0 Å². The minimum absolute atomic E-state index is 0.0180. The lowest BCUT2D eigenvalue weighted by atomic mass is 10.1. The van der Waals surface area contributed by atoms with Gasteiger partial charge < -0.3 is 14.9 Å². The van der Waals surface area contributed by atoms with Crippen molar-refractivity contribution in [3.05, 3.63) is 24.3 Å². The highest BCUT2D eigenvalue weighted by Crippen LogP contribution is 2.27. The second-order valence-corrected chi connectivity index (χ2v) is 7.41. The molecule has 1 unspecified atom stereocenters. The Hall–Kier alpha value is -2.46. The molecule has 1 aromatic rings. The van der Waals surface area contributed by atoms with Crippen LogP contribution in [-0.2, 0) is 24.4 Å². The maximum atomic E-state index is 12.3. The zero-order valence-corrected chi connectivity index (χ0v) is 14.4. The zero-order chi connectivity index (χ0) is 18.8. The number of primary sulfonamides is 1. The number of nitrogens with two attached hydrogens (primary N) is 1. The van der Waals surface area contributed by atoms with Gasteiger partial charge in [0.2, 0.25) is 21.8 Å². The summed E-state index contributed by atoms with van der Waals surface area (Å²) in [5, 5.41) is 13.8. The fourth-order valence-corrected chi connectivity index (χ4v) is 3.19. The van der Waals surface area contributed by atoms with Crippen molar-refractivity contribution in [2.75, 3.05) is 25.0 Å². The minimum atomic E-state index is -3.90. The Morgan fingerprint density at radius 3 is 2.68 bits per heavy atom. The van der Waals surface area contributed by atoms with E-state index in [1.165, 1.54) is 35.0 Å². The number of carbonyl (C=O) groups excluding carboxylic acids is 2. The Bertz CT molecular complexity index is 807. The highest BCUT2D eigenvalue weighted by molar-refractivity contribution is 7.89. The summed E-state index contributed by atoms with van der Waals surface area (Å²) in [6.07, 6.45) is -0.196. The number of hydrogen-bond donors (Lipinski definition) is 2. The van der Waals surface area contributed by atoms with Crippen LogP contribution in [-0.4, -0.2) is 56.3 Å². The molecule has 1 aliphatic heterocycles. The van der Waals surface area contributed by atoms with E-state index in [4.69, 9.17) is 10.2 Å². The summed E-state index contributed by atoms with van der Waals surface area (Å²) in [5.74, 6) is -2.25. The monoisotopic (exact) mass is 369 g/mol. The van der Waals surface area contributed by atoms with Gasteiger partial charge in [0.15, 0.2) is 0 Å². The summed E-state index contributed by atoms with van der Waals surface area (Å²) >= 11 is 0. The van der Waals surface area contributed by atoms with E-state index in [2.05, 4.69) is 0 Å². The summed E-state index contributed by atoms with van der Waals surface area (Å²) in [6, 6.07) is 5.64. The molecular formula is C15H19N3O6S. The lowest BCUT2D eigenvalue weighted by molar-refractivity contribution is -0.139. The molecule has 0 spiro atoms. The Morgan fingerprint density at radius 1 is 1.40 bits per heavy atom. The third-order valence-corrected chi connectivity index (χ3v) is 4.88. The average molecular weight is 369 g/mol. The van der Waals surface area contributed by atoms with Crippen LogP contribution in [0.4, 0.5) is 5.69 Å². The van der Waals surface area contributed by atoms with Crippen molar-refractivity contribution in [3.8, 4) is 0 Å². The molecule has 10 heteroatoms. The quantitative estimate of drug-likeness (QED) is 0.701. The number of hydrogen-bond acceptors (Lipinski definition) is 5. The molecule has 1 atom stereocenters. The van der Waals surface area contributed by atoms with E-state index in [1.54, 1.807) is 6.07 Å². The molecule has 3 N–H and O–H groups in total. The van der Waals surface area contributed by atoms with E-state index in [-0.39, 0.29) is 42.6 Å². The van der Waals surface area contributed by atoms with Crippen molar-refractivity contribution in [2.45, 2.75) is 17.7 Å². The molecule has 1 heterocycles. The van der Waals surface area contributed by atoms with Gasteiger partial charge in [0, 0.05) is 32.2 Å². The van der Waals surface area contributed by atoms with Crippen LogP contribution >= 0.6 is 0 Å². The second kappa shape index (κ2) is 7.19. The Balaban J connectivity index is 2.12. The van der Waals surface area contributed by atoms with Crippen LogP contribution in [0.3, 0.4) is 0 Å². The van der Waals surface area contributed by atoms with Crippen LogP contribution in [0.25, 0.3) is 0 Å². The summed E-state index contributed by atoms with van der Waals surface area (Å²) in [5.41, 5.74) is 0.347. The van der Waals surface area contributed by atoms with Gasteiger partial charge in [-0.05, 0) is 18.2 Å². The van der Waals surface area contributed by atoms with E-state index in [0.717, 1.165) is 0 Å². The maximum Gasteiger partial charge on any atom is 0.305 e. The van der Waals surface area contributed by atoms with E-state index in [0.29, 0.717) is 5.69 Å². The SMILES string of the molecule is CN(CCC(=O)O)C(=O)C1CC(=O)N(c2cccc(S(N)(=O)=O)c2)C1. The first-order valence-corrected chi connectivity index (χ1v) is 9.04. The number of anilines is 1. The normalized spacial score (nSPS) is 17.6. The van der Waals surface area contributed by atoms with Crippen molar-refractivity contribution in [2.24, 2.45) is 11.1 Å². The van der Waals surface area contributed by atoms with E-state index in [9.17, 15) is 22.8 Å². The van der Waals surface area contributed by atoms with Gasteiger partial charge in [-0.15, -0.1) is 0 Å². The van der Waals surface area contributed by atoms with Crippen LogP contribution in [0.1, 0.15) is 12.8 Å². The van der Waals surface area contributed by atoms with Crippen molar-refractivity contribution < 1.29 is 27.9 Å². The Labute approximate surface area is 145 Å². The summed E-state index contributed by atoms with van der Waals surface area (Å²) < 4.78 is 22.9. The van der Waals surface area contributed by atoms with Crippen molar-refractivity contribution >= 4 is 33.5 Å². The maximum absolute atomic E-state index is 12.3. The predicted octanol–water partition coefficient (Wildman–Crippen LogP) is -0.380. The van der Waals surface area contributed by atoms with Gasteiger partial charge in [0.25, 0.3) is 0 Å². The van der Waals surface area contributed by atoms with Crippen LogP contribution in [0.5, 0.6) is 0 Å². The second-order valence-electron chi connectivity index (χ2n) is 5.85. The van der Waals surface area contributed by atoms with Gasteiger partial charge in [-0.1, -0.05) is 6.07 Å². The number of aliphatic carboxylic acids is 1. The number of carboxylic acids is 1. The molecule has 9 nitrogen and oxygen atoms in total. The van der Waals surface area contributed by atoms with E-state index < -0.39 is 21.9 Å². The summed E-state index contributed by atoms with van der Waals surface area (Å²) in [4.78, 5) is 37.7. The molecule has 2 rings (SSSR count). The van der Waals surface area contributed by atoms with Crippen LogP contribution < -0.4 is 10.0 Å². The lowest BCUT2D eigenvalue weighted by Gasteiger charge is -2.21. The average Bonchev–Trinajstić information content (AvgIpc) is 2.93. The molecule has 0 saturated carbocycles. The molecule has 1 aliphatic rings. The number of benzene rings is 1. The Morgan fingerprint density at radius 2 is 2.08 bits per heavy atom. The standard InChI is InChI=1S/C15H19N3O6S/c1-17(6-5-14(20)21)15(22)10-7-13(19)18(9-10)11-3-2-4-12(8-11)25(16,23)24/h2-4,8,10H,5-7,9H2,1H3,(H,20,21)(H2,16,23,24). The van der Waals surface area contributed by atoms with Crippen molar-refractivity contribution in [1.82, 2.24) is 4.90 Å². The molecule has 1 fully saturated rings. The summed E-state index contributed by atoms with van der Waals surface area (Å²) in [6.45, 7) is 0.156. The minimum Gasteiger partial charge on any atom is -0.481 e. The molecule has 0 aliphatic carbocycles. The number of amides is 2. The highest BCUT2D eigenvalue weighted by Gasteiger charge is 2.36. The molecule has 0 radical (unpaired) electrons. The van der Waals surface area contributed by atoms with Crippen molar-refractivity contribution in [3.63, 3.8) is 0 Å². The molecule has 25 heavy (non-hydrogen) atoms. The number of carbonyl (C=O) groups is 3. The first kappa shape index (κ1) is 18.9. The highest BCUT2D eigenvalue weighted by atomic mass is 32.2.